The zero-order chi connectivity index (χ0) is 14.5. The minimum Gasteiger partial charge on any atom is -0.317 e. The third-order valence-electron chi connectivity index (χ3n) is 2.88. The van der Waals surface area contributed by atoms with Crippen molar-refractivity contribution in [2.45, 2.75) is 20.3 Å². The number of benzene rings is 1. The van der Waals surface area contributed by atoms with Gasteiger partial charge in [0.1, 0.15) is 10.0 Å². The van der Waals surface area contributed by atoms with Crippen LogP contribution in [-0.2, 0) is 6.42 Å². The van der Waals surface area contributed by atoms with Gasteiger partial charge in [-0.3, -0.25) is 10.1 Å². The lowest BCUT2D eigenvalue weighted by molar-refractivity contribution is -0.384. The fourth-order valence-corrected chi connectivity index (χ4v) is 2.77. The van der Waals surface area contributed by atoms with E-state index in [2.05, 4.69) is 22.4 Å². The molecule has 0 spiro atoms. The number of hydrogen-bond acceptors (Lipinski definition) is 6. The topological polar surface area (TPSA) is 81.0 Å². The van der Waals surface area contributed by atoms with Gasteiger partial charge in [-0.1, -0.05) is 18.3 Å². The smallest absolute Gasteiger partial charge is 0.269 e. The number of likely N-dealkylation sites (N-methyl/N-ethyl adjacent to an activating group) is 1. The zero-order valence-electron chi connectivity index (χ0n) is 11.4. The molecular formula is C13H16N4O2S. The van der Waals surface area contributed by atoms with E-state index in [0.717, 1.165) is 40.7 Å². The Morgan fingerprint density at radius 3 is 2.85 bits per heavy atom. The first-order valence-electron chi connectivity index (χ1n) is 6.40. The summed E-state index contributed by atoms with van der Waals surface area (Å²) in [6.45, 7) is 5.73. The van der Waals surface area contributed by atoms with Gasteiger partial charge >= 0.3 is 0 Å². The predicted octanol–water partition coefficient (Wildman–Crippen LogP) is 2.57. The highest BCUT2D eigenvalue weighted by Gasteiger charge is 2.12. The average molecular weight is 292 g/mol. The summed E-state index contributed by atoms with van der Waals surface area (Å²) >= 11 is 1.53. The summed E-state index contributed by atoms with van der Waals surface area (Å²) in [4.78, 5) is 10.3. The molecule has 0 aliphatic carbocycles. The van der Waals surface area contributed by atoms with E-state index in [1.54, 1.807) is 12.1 Å². The minimum atomic E-state index is -0.390. The molecule has 0 saturated heterocycles. The van der Waals surface area contributed by atoms with Crippen molar-refractivity contribution < 1.29 is 4.92 Å². The lowest BCUT2D eigenvalue weighted by Gasteiger charge is -2.01. The molecule has 0 unspecified atom stereocenters. The number of hydrogen-bond donors (Lipinski definition) is 1. The van der Waals surface area contributed by atoms with Gasteiger partial charge in [-0.15, -0.1) is 10.2 Å². The SMILES string of the molecule is CCNCCc1nnc(-c2ccc([N+](=O)[O-])cc2C)s1. The van der Waals surface area contributed by atoms with Gasteiger partial charge in [0, 0.05) is 30.7 Å². The molecule has 0 bridgehead atoms. The van der Waals surface area contributed by atoms with Crippen LogP contribution in [0.1, 0.15) is 17.5 Å². The summed E-state index contributed by atoms with van der Waals surface area (Å²) in [6, 6.07) is 4.80. The normalized spacial score (nSPS) is 10.7. The Bertz CT molecular complexity index is 612. The molecule has 0 atom stereocenters. The molecule has 0 aliphatic heterocycles. The van der Waals surface area contributed by atoms with Gasteiger partial charge in [0.15, 0.2) is 0 Å². The lowest BCUT2D eigenvalue weighted by Crippen LogP contribution is -2.15. The molecule has 106 valence electrons. The number of nitro groups is 1. The molecule has 0 saturated carbocycles. The van der Waals surface area contributed by atoms with Crippen molar-refractivity contribution in [3.63, 3.8) is 0 Å². The van der Waals surface area contributed by atoms with Crippen LogP contribution in [0.5, 0.6) is 0 Å². The number of nitrogens with one attached hydrogen (secondary N) is 1. The summed E-state index contributed by atoms with van der Waals surface area (Å²) in [5.74, 6) is 0. The van der Waals surface area contributed by atoms with Crippen molar-refractivity contribution in [2.24, 2.45) is 0 Å². The van der Waals surface area contributed by atoms with Crippen LogP contribution in [-0.4, -0.2) is 28.2 Å². The number of non-ortho nitro benzene ring substituents is 1. The Morgan fingerprint density at radius 1 is 1.40 bits per heavy atom. The molecule has 0 fully saturated rings. The number of aryl methyl sites for hydroxylation is 1. The third-order valence-corrected chi connectivity index (χ3v) is 3.90. The van der Waals surface area contributed by atoms with Gasteiger partial charge in [0.25, 0.3) is 5.69 Å². The molecule has 7 heteroatoms. The highest BCUT2D eigenvalue weighted by molar-refractivity contribution is 7.14. The quantitative estimate of drug-likeness (QED) is 0.503. The van der Waals surface area contributed by atoms with Gasteiger partial charge in [0.2, 0.25) is 0 Å². The largest absolute Gasteiger partial charge is 0.317 e. The fraction of sp³-hybridized carbons (Fsp3) is 0.385. The Kier molecular flexibility index (Phi) is 4.75. The summed E-state index contributed by atoms with van der Waals surface area (Å²) in [6.07, 6.45) is 0.845. The molecule has 0 radical (unpaired) electrons. The third kappa shape index (κ3) is 3.37. The van der Waals surface area contributed by atoms with Crippen LogP contribution in [0.3, 0.4) is 0 Å². The summed E-state index contributed by atoms with van der Waals surface area (Å²) in [7, 11) is 0. The van der Waals surface area contributed by atoms with E-state index in [-0.39, 0.29) is 5.69 Å². The van der Waals surface area contributed by atoms with Gasteiger partial charge in [-0.05, 0) is 25.1 Å². The molecule has 2 aromatic rings. The number of rotatable bonds is 6. The van der Waals surface area contributed by atoms with Gasteiger partial charge in [0.05, 0.1) is 4.92 Å². The average Bonchev–Trinajstić information content (AvgIpc) is 2.87. The van der Waals surface area contributed by atoms with Crippen molar-refractivity contribution in [1.29, 1.82) is 0 Å². The number of nitrogens with zero attached hydrogens (tertiary/aromatic N) is 3. The first-order valence-corrected chi connectivity index (χ1v) is 7.22. The maximum Gasteiger partial charge on any atom is 0.269 e. The summed E-state index contributed by atoms with van der Waals surface area (Å²) in [5, 5.41) is 24.1. The lowest BCUT2D eigenvalue weighted by atomic mass is 10.1. The van der Waals surface area contributed by atoms with Gasteiger partial charge in [-0.25, -0.2) is 0 Å². The molecule has 1 N–H and O–H groups in total. The molecule has 1 aromatic heterocycles. The first kappa shape index (κ1) is 14.5. The van der Waals surface area contributed by atoms with Crippen LogP contribution in [0.15, 0.2) is 18.2 Å². The molecule has 1 heterocycles. The van der Waals surface area contributed by atoms with E-state index in [1.165, 1.54) is 17.4 Å². The van der Waals surface area contributed by atoms with Crippen molar-refractivity contribution in [3.05, 3.63) is 38.9 Å². The second-order valence-electron chi connectivity index (χ2n) is 4.36. The van der Waals surface area contributed by atoms with Crippen LogP contribution in [0.4, 0.5) is 5.69 Å². The first-order chi connectivity index (χ1) is 9.61. The molecule has 2 rings (SSSR count). The zero-order valence-corrected chi connectivity index (χ0v) is 12.2. The predicted molar refractivity (Wildman–Crippen MR) is 79.0 cm³/mol. The van der Waals surface area contributed by atoms with E-state index in [0.29, 0.717) is 0 Å². The highest BCUT2D eigenvalue weighted by atomic mass is 32.1. The van der Waals surface area contributed by atoms with Crippen molar-refractivity contribution in [1.82, 2.24) is 15.5 Å². The summed E-state index contributed by atoms with van der Waals surface area (Å²) in [5.41, 5.74) is 1.85. The maximum atomic E-state index is 10.7. The van der Waals surface area contributed by atoms with Gasteiger partial charge < -0.3 is 5.32 Å². The standard InChI is InChI=1S/C13H16N4O2S/c1-3-14-7-6-12-15-16-13(20-12)11-5-4-10(17(18)19)8-9(11)2/h4-5,8,14H,3,6-7H2,1-2H3. The van der Waals surface area contributed by atoms with E-state index >= 15 is 0 Å². The van der Waals surface area contributed by atoms with E-state index in [4.69, 9.17) is 0 Å². The van der Waals surface area contributed by atoms with E-state index < -0.39 is 4.92 Å². The molecule has 1 aromatic carbocycles. The number of aromatic nitrogens is 2. The van der Waals surface area contributed by atoms with E-state index in [9.17, 15) is 10.1 Å². The highest BCUT2D eigenvalue weighted by Crippen LogP contribution is 2.29. The summed E-state index contributed by atoms with van der Waals surface area (Å²) < 4.78 is 0. The molecule has 20 heavy (non-hydrogen) atoms. The molecule has 6 nitrogen and oxygen atoms in total. The second-order valence-corrected chi connectivity index (χ2v) is 5.42. The number of nitro benzene ring substituents is 1. The van der Waals surface area contributed by atoms with E-state index in [1.807, 2.05) is 6.92 Å². The van der Waals surface area contributed by atoms with Crippen LogP contribution in [0, 0.1) is 17.0 Å². The molecule has 0 aliphatic rings. The Morgan fingerprint density at radius 2 is 2.20 bits per heavy atom. The van der Waals surface area contributed by atoms with Gasteiger partial charge in [-0.2, -0.15) is 0 Å². The van der Waals surface area contributed by atoms with Crippen molar-refractivity contribution in [2.75, 3.05) is 13.1 Å². The Labute approximate surface area is 121 Å². The Balaban J connectivity index is 2.17. The maximum absolute atomic E-state index is 10.7. The van der Waals surface area contributed by atoms with Crippen LogP contribution in [0.25, 0.3) is 10.6 Å². The minimum absolute atomic E-state index is 0.100. The van der Waals surface area contributed by atoms with Crippen molar-refractivity contribution >= 4 is 17.0 Å². The Hall–Kier alpha value is -1.86. The van der Waals surface area contributed by atoms with Crippen molar-refractivity contribution in [3.8, 4) is 10.6 Å². The van der Waals surface area contributed by atoms with Crippen LogP contribution >= 0.6 is 11.3 Å². The molecular weight excluding hydrogens is 276 g/mol. The molecule has 0 amide bonds. The van der Waals surface area contributed by atoms with Crippen LogP contribution < -0.4 is 5.32 Å². The van der Waals surface area contributed by atoms with Crippen LogP contribution in [0.2, 0.25) is 0 Å². The monoisotopic (exact) mass is 292 g/mol. The second kappa shape index (κ2) is 6.53. The fourth-order valence-electron chi connectivity index (χ4n) is 1.84.